The third kappa shape index (κ3) is 5.00. The van der Waals surface area contributed by atoms with Gasteiger partial charge in [0.2, 0.25) is 5.91 Å². The lowest BCUT2D eigenvalue weighted by Crippen LogP contribution is -2.23. The van der Waals surface area contributed by atoms with Gasteiger partial charge in [-0.3, -0.25) is 14.2 Å². The predicted octanol–water partition coefficient (Wildman–Crippen LogP) is 5.74. The van der Waals surface area contributed by atoms with Crippen molar-refractivity contribution in [2.45, 2.75) is 12.1 Å². The highest BCUT2D eigenvalue weighted by Gasteiger charge is 2.16. The van der Waals surface area contributed by atoms with E-state index < -0.39 is 0 Å². The van der Waals surface area contributed by atoms with Crippen LogP contribution in [0.4, 0.5) is 5.69 Å². The fraction of sp³-hybridized carbons (Fsp3) is 0.125. The van der Waals surface area contributed by atoms with Crippen molar-refractivity contribution in [3.05, 3.63) is 86.6 Å². The number of methoxy groups -OCH3 is 1. The number of ether oxygens (including phenoxy) is 1. The summed E-state index contributed by atoms with van der Waals surface area (Å²) in [4.78, 5) is 30.7. The molecule has 0 aliphatic rings. The van der Waals surface area contributed by atoms with Crippen molar-refractivity contribution in [2.24, 2.45) is 0 Å². The van der Waals surface area contributed by atoms with Gasteiger partial charge >= 0.3 is 0 Å². The number of amides is 1. The van der Waals surface area contributed by atoms with Gasteiger partial charge in [0, 0.05) is 16.1 Å². The molecule has 1 amide bonds. The van der Waals surface area contributed by atoms with Crippen molar-refractivity contribution in [3.63, 3.8) is 0 Å². The Bertz CT molecular complexity index is 1400. The number of halogens is 2. The number of hydrogen-bond acceptors (Lipinski definition) is 5. The molecule has 0 saturated heterocycles. The number of benzene rings is 3. The van der Waals surface area contributed by atoms with Crippen LogP contribution in [0.1, 0.15) is 5.56 Å². The lowest BCUT2D eigenvalue weighted by Gasteiger charge is -2.14. The van der Waals surface area contributed by atoms with E-state index in [4.69, 9.17) is 27.9 Å². The van der Waals surface area contributed by atoms with Crippen molar-refractivity contribution < 1.29 is 9.53 Å². The number of thioether (sulfide) groups is 1. The number of nitrogens with one attached hydrogen (secondary N) is 1. The molecule has 1 N–H and O–H groups in total. The van der Waals surface area contributed by atoms with Gasteiger partial charge in [-0.2, -0.15) is 0 Å². The summed E-state index contributed by atoms with van der Waals surface area (Å²) in [7, 11) is 1.51. The van der Waals surface area contributed by atoms with Crippen molar-refractivity contribution >= 4 is 57.5 Å². The molecule has 168 valence electrons. The highest BCUT2D eigenvalue weighted by molar-refractivity contribution is 7.99. The van der Waals surface area contributed by atoms with E-state index in [0.717, 1.165) is 17.3 Å². The second kappa shape index (κ2) is 9.87. The first-order valence-electron chi connectivity index (χ1n) is 9.92. The highest BCUT2D eigenvalue weighted by Crippen LogP contribution is 2.31. The molecule has 0 unspecified atom stereocenters. The standard InChI is InChI=1S/C24H19Cl2N3O3S/c1-14-11-20(21(32-2)12-18(14)26)27-22(30)13-33-24-28-19-6-4-3-5-17(19)23(31)29(24)16-9-7-15(25)8-10-16/h3-12H,13H2,1-2H3,(H,27,30). The van der Waals surface area contributed by atoms with E-state index in [-0.39, 0.29) is 17.2 Å². The minimum atomic E-state index is -0.273. The molecule has 0 radical (unpaired) electrons. The summed E-state index contributed by atoms with van der Waals surface area (Å²) >= 11 is 13.3. The fourth-order valence-corrected chi connectivity index (χ4v) is 4.37. The zero-order valence-electron chi connectivity index (χ0n) is 17.8. The number of rotatable bonds is 6. The summed E-state index contributed by atoms with van der Waals surface area (Å²) in [6.45, 7) is 1.84. The summed E-state index contributed by atoms with van der Waals surface area (Å²) in [6.07, 6.45) is 0. The van der Waals surface area contributed by atoms with Crippen LogP contribution in [0.25, 0.3) is 16.6 Å². The molecule has 0 fully saturated rings. The molecule has 0 aliphatic carbocycles. The quantitative estimate of drug-likeness (QED) is 0.270. The number of fused-ring (bicyclic) bond motifs is 1. The number of carbonyl (C=O) groups is 1. The summed E-state index contributed by atoms with van der Waals surface area (Å²) < 4.78 is 6.81. The Balaban J connectivity index is 1.65. The van der Waals surface area contributed by atoms with Gasteiger partial charge in [-0.25, -0.2) is 4.98 Å². The highest BCUT2D eigenvalue weighted by atomic mass is 35.5. The SMILES string of the molecule is COc1cc(Cl)c(C)cc1NC(=O)CSc1nc2ccccc2c(=O)n1-c1ccc(Cl)cc1. The molecule has 33 heavy (non-hydrogen) atoms. The lowest BCUT2D eigenvalue weighted by molar-refractivity contribution is -0.113. The zero-order chi connectivity index (χ0) is 23.5. The van der Waals surface area contributed by atoms with Crippen LogP contribution >= 0.6 is 35.0 Å². The van der Waals surface area contributed by atoms with Gasteiger partial charge in [-0.1, -0.05) is 47.1 Å². The molecule has 3 aromatic carbocycles. The number of aromatic nitrogens is 2. The molecular weight excluding hydrogens is 481 g/mol. The molecule has 6 nitrogen and oxygen atoms in total. The number of hydrogen-bond donors (Lipinski definition) is 1. The third-order valence-corrected chi connectivity index (χ3v) is 6.51. The van der Waals surface area contributed by atoms with Crippen LogP contribution in [-0.4, -0.2) is 28.3 Å². The Morgan fingerprint density at radius 3 is 2.58 bits per heavy atom. The summed E-state index contributed by atoms with van der Waals surface area (Å²) in [5.41, 5.74) is 2.28. The van der Waals surface area contributed by atoms with Crippen LogP contribution < -0.4 is 15.6 Å². The van der Waals surface area contributed by atoms with E-state index >= 15 is 0 Å². The molecule has 4 aromatic rings. The molecule has 0 aliphatic heterocycles. The maximum Gasteiger partial charge on any atom is 0.266 e. The van der Waals surface area contributed by atoms with E-state index in [1.807, 2.05) is 13.0 Å². The average Bonchev–Trinajstić information content (AvgIpc) is 2.81. The second-order valence-corrected chi connectivity index (χ2v) is 8.95. The molecule has 4 rings (SSSR count). The Morgan fingerprint density at radius 1 is 1.12 bits per heavy atom. The first kappa shape index (κ1) is 23.2. The largest absolute Gasteiger partial charge is 0.495 e. The third-order valence-electron chi connectivity index (χ3n) is 4.92. The number of anilines is 1. The van der Waals surface area contributed by atoms with E-state index in [1.165, 1.54) is 11.7 Å². The minimum Gasteiger partial charge on any atom is -0.495 e. The van der Waals surface area contributed by atoms with E-state index in [2.05, 4.69) is 10.3 Å². The molecule has 9 heteroatoms. The normalized spacial score (nSPS) is 10.9. The van der Waals surface area contributed by atoms with Gasteiger partial charge in [-0.05, 0) is 55.0 Å². The van der Waals surface area contributed by atoms with E-state index in [9.17, 15) is 9.59 Å². The van der Waals surface area contributed by atoms with Crippen LogP contribution in [-0.2, 0) is 4.79 Å². The molecule has 1 aromatic heterocycles. The van der Waals surface area contributed by atoms with Crippen LogP contribution in [0.5, 0.6) is 5.75 Å². The first-order chi connectivity index (χ1) is 15.9. The van der Waals surface area contributed by atoms with Gasteiger partial charge < -0.3 is 10.1 Å². The van der Waals surface area contributed by atoms with Crippen LogP contribution in [0, 0.1) is 6.92 Å². The molecule has 0 bridgehead atoms. The fourth-order valence-electron chi connectivity index (χ4n) is 3.27. The topological polar surface area (TPSA) is 73.2 Å². The lowest BCUT2D eigenvalue weighted by atomic mass is 10.2. The van der Waals surface area contributed by atoms with E-state index in [1.54, 1.807) is 54.6 Å². The number of carbonyl (C=O) groups excluding carboxylic acids is 1. The van der Waals surface area contributed by atoms with Gasteiger partial charge in [-0.15, -0.1) is 0 Å². The van der Waals surface area contributed by atoms with Gasteiger partial charge in [0.05, 0.1) is 35.1 Å². The zero-order valence-corrected chi connectivity index (χ0v) is 20.1. The van der Waals surface area contributed by atoms with Crippen LogP contribution in [0.15, 0.2) is 70.6 Å². The average molecular weight is 500 g/mol. The van der Waals surface area contributed by atoms with Crippen LogP contribution in [0.3, 0.4) is 0 Å². The second-order valence-electron chi connectivity index (χ2n) is 7.17. The van der Waals surface area contributed by atoms with Crippen molar-refractivity contribution in [1.29, 1.82) is 0 Å². The monoisotopic (exact) mass is 499 g/mol. The Kier molecular flexibility index (Phi) is 6.93. The summed E-state index contributed by atoms with van der Waals surface area (Å²) in [5.74, 6) is 0.222. The Hall–Kier alpha value is -3.00. The number of aryl methyl sites for hydroxylation is 1. The molecule has 1 heterocycles. The number of para-hydroxylation sites is 1. The minimum absolute atomic E-state index is 0.0310. The smallest absolute Gasteiger partial charge is 0.266 e. The number of nitrogens with zero attached hydrogens (tertiary/aromatic N) is 2. The summed E-state index contributed by atoms with van der Waals surface area (Å²) in [5, 5.41) is 4.83. The van der Waals surface area contributed by atoms with Gasteiger partial charge in [0.25, 0.3) is 5.56 Å². The van der Waals surface area contributed by atoms with Crippen LogP contribution in [0.2, 0.25) is 10.0 Å². The van der Waals surface area contributed by atoms with Gasteiger partial charge in [0.15, 0.2) is 5.16 Å². The predicted molar refractivity (Wildman–Crippen MR) is 134 cm³/mol. The molecule has 0 atom stereocenters. The van der Waals surface area contributed by atoms with Crippen molar-refractivity contribution in [2.75, 3.05) is 18.2 Å². The maximum absolute atomic E-state index is 13.3. The van der Waals surface area contributed by atoms with Gasteiger partial charge in [0.1, 0.15) is 5.75 Å². The van der Waals surface area contributed by atoms with E-state index in [0.29, 0.717) is 43.2 Å². The molecule has 0 saturated carbocycles. The first-order valence-corrected chi connectivity index (χ1v) is 11.7. The molecular formula is C24H19Cl2N3O3S. The Morgan fingerprint density at radius 2 is 1.85 bits per heavy atom. The molecule has 0 spiro atoms. The maximum atomic E-state index is 13.3. The Labute approximate surface area is 204 Å². The summed E-state index contributed by atoms with van der Waals surface area (Å²) in [6, 6.07) is 17.4. The van der Waals surface area contributed by atoms with Crippen molar-refractivity contribution in [1.82, 2.24) is 9.55 Å². The van der Waals surface area contributed by atoms with Crippen molar-refractivity contribution in [3.8, 4) is 11.4 Å².